The van der Waals surface area contributed by atoms with Crippen LogP contribution in [0.3, 0.4) is 0 Å². The summed E-state index contributed by atoms with van der Waals surface area (Å²) in [7, 11) is 0. The van der Waals surface area contributed by atoms with E-state index in [1.807, 2.05) is 30.3 Å². The van der Waals surface area contributed by atoms with Crippen LogP contribution in [0.1, 0.15) is 15.2 Å². The molecule has 90 valence electrons. The van der Waals surface area contributed by atoms with Crippen molar-refractivity contribution >= 4 is 23.3 Å². The Balaban J connectivity index is 1.99. The molecule has 0 aliphatic carbocycles. The van der Waals surface area contributed by atoms with Gasteiger partial charge in [0.05, 0.1) is 4.88 Å². The number of thiophene rings is 1. The van der Waals surface area contributed by atoms with Gasteiger partial charge in [0.2, 0.25) is 0 Å². The lowest BCUT2D eigenvalue weighted by molar-refractivity contribution is 0.00239. The van der Waals surface area contributed by atoms with Gasteiger partial charge < -0.3 is 10.3 Å². The van der Waals surface area contributed by atoms with Gasteiger partial charge in [-0.2, -0.15) is 4.79 Å². The van der Waals surface area contributed by atoms with E-state index in [1.54, 1.807) is 12.1 Å². The van der Waals surface area contributed by atoms with Gasteiger partial charge in [-0.25, -0.2) is 0 Å². The predicted octanol–water partition coefficient (Wildman–Crippen LogP) is 2.81. The van der Waals surface area contributed by atoms with E-state index in [2.05, 4.69) is 4.79 Å². The second-order valence-electron chi connectivity index (χ2n) is 3.50. The number of ketones is 1. The van der Waals surface area contributed by atoms with Crippen molar-refractivity contribution in [1.82, 2.24) is 0 Å². The lowest BCUT2D eigenvalue weighted by Gasteiger charge is -2.02. The van der Waals surface area contributed by atoms with Crippen LogP contribution in [0.2, 0.25) is 0 Å². The Morgan fingerprint density at radius 2 is 2.06 bits per heavy atom. The number of ether oxygens (including phenoxy) is 1. The highest BCUT2D eigenvalue weighted by molar-refractivity contribution is 7.16. The van der Waals surface area contributed by atoms with Crippen LogP contribution in [-0.2, 0) is 6.61 Å². The van der Waals surface area contributed by atoms with Crippen molar-refractivity contribution in [3.8, 4) is 5.06 Å². The van der Waals surface area contributed by atoms with Gasteiger partial charge in [-0.1, -0.05) is 41.7 Å². The largest absolute Gasteiger partial charge is 0.479 e. The summed E-state index contributed by atoms with van der Waals surface area (Å²) in [5.41, 5.74) is 9.34. The number of hydrogen-bond donors (Lipinski definition) is 0. The third-order valence-electron chi connectivity index (χ3n) is 2.22. The monoisotopic (exact) mass is 258 g/mol. The van der Waals surface area contributed by atoms with Gasteiger partial charge in [0.1, 0.15) is 6.61 Å². The molecule has 0 aliphatic heterocycles. The van der Waals surface area contributed by atoms with Crippen LogP contribution in [0.25, 0.3) is 5.53 Å². The van der Waals surface area contributed by atoms with Gasteiger partial charge in [-0.3, -0.25) is 4.79 Å². The van der Waals surface area contributed by atoms with E-state index < -0.39 is 0 Å². The Morgan fingerprint density at radius 1 is 1.28 bits per heavy atom. The van der Waals surface area contributed by atoms with Gasteiger partial charge in [0.15, 0.2) is 5.06 Å². The van der Waals surface area contributed by atoms with E-state index in [4.69, 9.17) is 10.3 Å². The molecule has 0 fully saturated rings. The summed E-state index contributed by atoms with van der Waals surface area (Å²) >= 11 is 1.23. The number of carbonyl (C=O) groups is 1. The molecule has 2 rings (SSSR count). The van der Waals surface area contributed by atoms with Crippen molar-refractivity contribution in [2.24, 2.45) is 0 Å². The van der Waals surface area contributed by atoms with Crippen LogP contribution >= 0.6 is 11.3 Å². The highest BCUT2D eigenvalue weighted by Crippen LogP contribution is 2.25. The van der Waals surface area contributed by atoms with Crippen molar-refractivity contribution in [1.29, 1.82) is 0 Å². The summed E-state index contributed by atoms with van der Waals surface area (Å²) in [4.78, 5) is 14.6. The first kappa shape index (κ1) is 12.2. The van der Waals surface area contributed by atoms with Gasteiger partial charge in [-0.15, -0.1) is 0 Å². The molecule has 0 saturated heterocycles. The van der Waals surface area contributed by atoms with Crippen LogP contribution in [0.15, 0.2) is 42.5 Å². The molecule has 0 atom stereocenters. The molecule has 2 aromatic rings. The topological polar surface area (TPSA) is 62.7 Å². The Kier molecular flexibility index (Phi) is 4.02. The second-order valence-corrected chi connectivity index (χ2v) is 4.55. The average Bonchev–Trinajstić information content (AvgIpc) is 2.87. The molecular formula is C13H10N2O2S. The standard InChI is InChI=1S/C13H10N2O2S/c14-15-8-11(16)12-6-7-13(18-12)17-9-10-4-2-1-3-5-10/h1-8H,9H2. The summed E-state index contributed by atoms with van der Waals surface area (Å²) < 4.78 is 5.56. The Hall–Kier alpha value is -2.23. The Bertz CT molecular complexity index is 586. The molecule has 0 aliphatic rings. The van der Waals surface area contributed by atoms with Gasteiger partial charge in [0, 0.05) is 0 Å². The third kappa shape index (κ3) is 3.13. The molecule has 1 aromatic carbocycles. The maximum absolute atomic E-state index is 11.4. The number of Topliss-reactive ketones (excluding diaryl/α,β-unsaturated/α-hetero) is 1. The van der Waals surface area contributed by atoms with Crippen molar-refractivity contribution in [2.75, 3.05) is 0 Å². The predicted molar refractivity (Wildman–Crippen MR) is 69.1 cm³/mol. The van der Waals surface area contributed by atoms with Crippen LogP contribution in [-0.4, -0.2) is 16.8 Å². The minimum atomic E-state index is -0.336. The van der Waals surface area contributed by atoms with Gasteiger partial charge >= 0.3 is 6.21 Å². The first-order valence-corrected chi connectivity index (χ1v) is 6.09. The van der Waals surface area contributed by atoms with Crippen LogP contribution in [0.4, 0.5) is 0 Å². The molecule has 0 spiro atoms. The lowest BCUT2D eigenvalue weighted by Crippen LogP contribution is -1.96. The summed E-state index contributed by atoms with van der Waals surface area (Å²) in [6.07, 6.45) is 0.868. The maximum atomic E-state index is 11.4. The summed E-state index contributed by atoms with van der Waals surface area (Å²) in [6.45, 7) is 0.461. The molecule has 4 nitrogen and oxygen atoms in total. The molecule has 1 aromatic heterocycles. The fraction of sp³-hybridized carbons (Fsp3) is 0.0769. The maximum Gasteiger partial charge on any atom is 0.328 e. The fourth-order valence-corrected chi connectivity index (χ4v) is 2.13. The summed E-state index contributed by atoms with van der Waals surface area (Å²) in [6, 6.07) is 13.1. The number of nitrogens with zero attached hydrogens (tertiary/aromatic N) is 2. The summed E-state index contributed by atoms with van der Waals surface area (Å²) in [5, 5.41) is 0.661. The van der Waals surface area contributed by atoms with E-state index in [1.165, 1.54) is 11.3 Å². The minimum Gasteiger partial charge on any atom is -0.479 e. The molecule has 0 amide bonds. The third-order valence-corrected chi connectivity index (χ3v) is 3.24. The van der Waals surface area contributed by atoms with Crippen LogP contribution in [0.5, 0.6) is 5.06 Å². The zero-order chi connectivity index (χ0) is 12.8. The quantitative estimate of drug-likeness (QED) is 0.358. The van der Waals surface area contributed by atoms with Crippen molar-refractivity contribution in [3.05, 3.63) is 58.4 Å². The second kappa shape index (κ2) is 5.91. The van der Waals surface area contributed by atoms with E-state index in [0.29, 0.717) is 16.5 Å². The minimum absolute atomic E-state index is 0.336. The number of rotatable bonds is 5. The molecule has 18 heavy (non-hydrogen) atoms. The molecule has 0 bridgehead atoms. The first-order chi connectivity index (χ1) is 8.79. The van der Waals surface area contributed by atoms with Gasteiger partial charge in [-0.05, 0) is 17.7 Å². The molecular weight excluding hydrogens is 248 g/mol. The molecule has 1 heterocycles. The van der Waals surface area contributed by atoms with Crippen molar-refractivity contribution in [3.63, 3.8) is 0 Å². The van der Waals surface area contributed by atoms with E-state index >= 15 is 0 Å². The molecule has 0 radical (unpaired) electrons. The van der Waals surface area contributed by atoms with Crippen LogP contribution in [0, 0.1) is 0 Å². The Labute approximate surface area is 108 Å². The van der Waals surface area contributed by atoms with Gasteiger partial charge in [0.25, 0.3) is 5.78 Å². The average molecular weight is 258 g/mol. The molecule has 5 heteroatoms. The number of hydrogen-bond acceptors (Lipinski definition) is 3. The highest BCUT2D eigenvalue weighted by atomic mass is 32.1. The zero-order valence-corrected chi connectivity index (χ0v) is 10.3. The first-order valence-electron chi connectivity index (χ1n) is 5.28. The molecule has 0 N–H and O–H groups in total. The number of carbonyl (C=O) groups excluding carboxylic acids is 1. The Morgan fingerprint density at radius 3 is 2.78 bits per heavy atom. The molecule has 0 unspecified atom stereocenters. The van der Waals surface area contributed by atoms with E-state index in [0.717, 1.165) is 11.8 Å². The van der Waals surface area contributed by atoms with E-state index in [-0.39, 0.29) is 5.78 Å². The number of benzene rings is 1. The molecule has 0 saturated carbocycles. The smallest absolute Gasteiger partial charge is 0.328 e. The normalized spacial score (nSPS) is 9.56. The summed E-state index contributed by atoms with van der Waals surface area (Å²) in [5.74, 6) is -0.336. The SMILES string of the molecule is [N-]=[N+]=CC(=O)c1ccc(OCc2ccccc2)s1. The van der Waals surface area contributed by atoms with E-state index in [9.17, 15) is 4.79 Å². The van der Waals surface area contributed by atoms with Crippen molar-refractivity contribution in [2.45, 2.75) is 6.61 Å². The lowest BCUT2D eigenvalue weighted by atomic mass is 10.2. The highest BCUT2D eigenvalue weighted by Gasteiger charge is 2.10. The van der Waals surface area contributed by atoms with Crippen molar-refractivity contribution < 1.29 is 14.3 Å². The zero-order valence-electron chi connectivity index (χ0n) is 9.45. The fourth-order valence-electron chi connectivity index (χ4n) is 1.37. The van der Waals surface area contributed by atoms with Crippen LogP contribution < -0.4 is 4.74 Å².